The van der Waals surface area contributed by atoms with Crippen LogP contribution >= 0.6 is 11.3 Å². The summed E-state index contributed by atoms with van der Waals surface area (Å²) in [4.78, 5) is 12.8. The zero-order chi connectivity index (χ0) is 13.9. The first kappa shape index (κ1) is 14.7. The van der Waals surface area contributed by atoms with Crippen molar-refractivity contribution < 1.29 is 13.2 Å². The Balaban J connectivity index is 2.05. The molecular formula is C13H19NO3S2. The summed E-state index contributed by atoms with van der Waals surface area (Å²) in [5.74, 6) is 0.232. The summed E-state index contributed by atoms with van der Waals surface area (Å²) in [6, 6.07) is 3.50. The number of hydrogen-bond donors (Lipinski definition) is 0. The number of rotatable bonds is 6. The fraction of sp³-hybridized carbons (Fsp3) is 0.615. The number of hydrogen-bond acceptors (Lipinski definition) is 4. The molecule has 2 rings (SSSR count). The lowest BCUT2D eigenvalue weighted by Gasteiger charge is -2.23. The first-order valence-corrected chi connectivity index (χ1v) is 9.09. The number of carbonyl (C=O) groups excluding carboxylic acids is 1. The number of sulfonamides is 1. The SMILES string of the molecule is CCCS(=O)(=O)N1CCCC1CC(=O)c1cccs1. The maximum Gasteiger partial charge on any atom is 0.214 e. The molecule has 0 spiro atoms. The highest BCUT2D eigenvalue weighted by molar-refractivity contribution is 7.89. The molecule has 2 heterocycles. The van der Waals surface area contributed by atoms with Gasteiger partial charge in [0.2, 0.25) is 10.0 Å². The van der Waals surface area contributed by atoms with Gasteiger partial charge in [-0.3, -0.25) is 4.79 Å². The van der Waals surface area contributed by atoms with Gasteiger partial charge >= 0.3 is 0 Å². The Morgan fingerprint density at radius 2 is 2.32 bits per heavy atom. The molecule has 0 N–H and O–H groups in total. The zero-order valence-electron chi connectivity index (χ0n) is 11.0. The van der Waals surface area contributed by atoms with Crippen molar-refractivity contribution in [3.05, 3.63) is 22.4 Å². The van der Waals surface area contributed by atoms with Crippen molar-refractivity contribution in [2.24, 2.45) is 0 Å². The molecule has 0 aromatic carbocycles. The first-order chi connectivity index (χ1) is 9.04. The summed E-state index contributed by atoms with van der Waals surface area (Å²) in [5.41, 5.74) is 0. The van der Waals surface area contributed by atoms with Crippen LogP contribution in [0.2, 0.25) is 0 Å². The van der Waals surface area contributed by atoms with Crippen molar-refractivity contribution >= 4 is 27.1 Å². The van der Waals surface area contributed by atoms with Crippen LogP contribution in [0.25, 0.3) is 0 Å². The van der Waals surface area contributed by atoms with Crippen molar-refractivity contribution in [1.29, 1.82) is 0 Å². The van der Waals surface area contributed by atoms with E-state index in [0.717, 1.165) is 17.7 Å². The third-order valence-corrected chi connectivity index (χ3v) is 6.39. The van der Waals surface area contributed by atoms with Gasteiger partial charge in [-0.25, -0.2) is 8.42 Å². The number of nitrogens with zero attached hydrogens (tertiary/aromatic N) is 1. The second-order valence-electron chi connectivity index (χ2n) is 4.83. The lowest BCUT2D eigenvalue weighted by atomic mass is 10.1. The molecule has 1 aliphatic heterocycles. The van der Waals surface area contributed by atoms with Gasteiger partial charge in [0.15, 0.2) is 5.78 Å². The standard InChI is InChI=1S/C13H19NO3S2/c1-2-9-19(16,17)14-7-3-5-11(14)10-12(15)13-6-4-8-18-13/h4,6,8,11H,2-3,5,7,9-10H2,1H3. The minimum atomic E-state index is -3.19. The van der Waals surface area contributed by atoms with Gasteiger partial charge < -0.3 is 0 Å². The van der Waals surface area contributed by atoms with Crippen LogP contribution in [-0.4, -0.2) is 36.8 Å². The predicted octanol–water partition coefficient (Wildman–Crippen LogP) is 2.53. The topological polar surface area (TPSA) is 54.5 Å². The molecular weight excluding hydrogens is 282 g/mol. The van der Waals surface area contributed by atoms with Crippen LogP contribution in [0.4, 0.5) is 0 Å². The van der Waals surface area contributed by atoms with Gasteiger partial charge in [0.25, 0.3) is 0 Å². The third-order valence-electron chi connectivity index (χ3n) is 3.36. The predicted molar refractivity (Wildman–Crippen MR) is 77.1 cm³/mol. The Labute approximate surface area is 118 Å². The zero-order valence-corrected chi connectivity index (χ0v) is 12.7. The fourth-order valence-electron chi connectivity index (χ4n) is 2.51. The van der Waals surface area contributed by atoms with Crippen LogP contribution in [0.5, 0.6) is 0 Å². The van der Waals surface area contributed by atoms with Crippen LogP contribution in [0.1, 0.15) is 42.3 Å². The molecule has 1 atom stereocenters. The van der Waals surface area contributed by atoms with E-state index in [1.54, 1.807) is 10.4 Å². The monoisotopic (exact) mass is 301 g/mol. The quantitative estimate of drug-likeness (QED) is 0.759. The molecule has 19 heavy (non-hydrogen) atoms. The van der Waals surface area contributed by atoms with E-state index in [2.05, 4.69) is 0 Å². The lowest BCUT2D eigenvalue weighted by Crippen LogP contribution is -2.38. The van der Waals surface area contributed by atoms with Crippen LogP contribution in [0.15, 0.2) is 17.5 Å². The highest BCUT2D eigenvalue weighted by Gasteiger charge is 2.34. The molecule has 106 valence electrons. The average Bonchev–Trinajstić information content (AvgIpc) is 2.99. The van der Waals surface area contributed by atoms with E-state index in [1.807, 2.05) is 18.4 Å². The molecule has 1 unspecified atom stereocenters. The fourth-order valence-corrected chi connectivity index (χ4v) is 4.97. The maximum atomic E-state index is 12.1. The minimum Gasteiger partial charge on any atom is -0.293 e. The Kier molecular flexibility index (Phi) is 4.76. The summed E-state index contributed by atoms with van der Waals surface area (Å²) >= 11 is 1.42. The average molecular weight is 301 g/mol. The van der Waals surface area contributed by atoms with Crippen LogP contribution in [0, 0.1) is 0 Å². The second kappa shape index (κ2) is 6.15. The van der Waals surface area contributed by atoms with E-state index < -0.39 is 10.0 Å². The van der Waals surface area contributed by atoms with Gasteiger partial charge in [0, 0.05) is 19.0 Å². The van der Waals surface area contributed by atoms with Crippen molar-refractivity contribution in [1.82, 2.24) is 4.31 Å². The van der Waals surface area contributed by atoms with Crippen LogP contribution in [-0.2, 0) is 10.0 Å². The molecule has 0 bridgehead atoms. The molecule has 1 aromatic rings. The van der Waals surface area contributed by atoms with Gasteiger partial charge in [-0.15, -0.1) is 11.3 Å². The van der Waals surface area contributed by atoms with Gasteiger partial charge in [-0.1, -0.05) is 13.0 Å². The first-order valence-electron chi connectivity index (χ1n) is 6.61. The van der Waals surface area contributed by atoms with E-state index in [0.29, 0.717) is 19.4 Å². The smallest absolute Gasteiger partial charge is 0.214 e. The summed E-state index contributed by atoms with van der Waals surface area (Å²) in [6.45, 7) is 2.42. The van der Waals surface area contributed by atoms with E-state index in [1.165, 1.54) is 11.3 Å². The summed E-state index contributed by atoms with van der Waals surface area (Å²) in [5, 5.41) is 1.87. The van der Waals surface area contributed by atoms with Gasteiger partial charge in [-0.05, 0) is 30.7 Å². The molecule has 0 saturated carbocycles. The van der Waals surface area contributed by atoms with Crippen LogP contribution < -0.4 is 0 Å². The second-order valence-corrected chi connectivity index (χ2v) is 7.82. The Morgan fingerprint density at radius 1 is 1.53 bits per heavy atom. The van der Waals surface area contributed by atoms with Crippen molar-refractivity contribution in [2.45, 2.75) is 38.6 Å². The molecule has 6 heteroatoms. The van der Waals surface area contributed by atoms with Crippen molar-refractivity contribution in [2.75, 3.05) is 12.3 Å². The number of Topliss-reactive ketones (excluding diaryl/α,β-unsaturated/α-hetero) is 1. The number of carbonyl (C=O) groups is 1. The van der Waals surface area contributed by atoms with Gasteiger partial charge in [0.1, 0.15) is 0 Å². The van der Waals surface area contributed by atoms with Gasteiger partial charge in [0.05, 0.1) is 10.6 Å². The van der Waals surface area contributed by atoms with E-state index in [9.17, 15) is 13.2 Å². The largest absolute Gasteiger partial charge is 0.293 e. The Bertz CT molecular complexity index is 522. The maximum absolute atomic E-state index is 12.1. The summed E-state index contributed by atoms with van der Waals surface area (Å²) < 4.78 is 25.8. The Hall–Kier alpha value is -0.720. The van der Waals surface area contributed by atoms with Gasteiger partial charge in [-0.2, -0.15) is 4.31 Å². The molecule has 0 radical (unpaired) electrons. The van der Waals surface area contributed by atoms with E-state index in [-0.39, 0.29) is 17.6 Å². The highest BCUT2D eigenvalue weighted by atomic mass is 32.2. The highest BCUT2D eigenvalue weighted by Crippen LogP contribution is 2.26. The number of thiophene rings is 1. The lowest BCUT2D eigenvalue weighted by molar-refractivity contribution is 0.0965. The van der Waals surface area contributed by atoms with E-state index >= 15 is 0 Å². The minimum absolute atomic E-state index is 0.0543. The van der Waals surface area contributed by atoms with Crippen molar-refractivity contribution in [3.63, 3.8) is 0 Å². The summed E-state index contributed by atoms with van der Waals surface area (Å²) in [7, 11) is -3.19. The van der Waals surface area contributed by atoms with Crippen LogP contribution in [0.3, 0.4) is 0 Å². The number of ketones is 1. The molecule has 1 aromatic heterocycles. The molecule has 0 amide bonds. The molecule has 4 nitrogen and oxygen atoms in total. The molecule has 1 fully saturated rings. The normalized spacial score (nSPS) is 20.8. The third kappa shape index (κ3) is 3.43. The Morgan fingerprint density at radius 3 is 2.95 bits per heavy atom. The molecule has 1 saturated heterocycles. The van der Waals surface area contributed by atoms with E-state index in [4.69, 9.17) is 0 Å². The molecule has 1 aliphatic rings. The molecule has 0 aliphatic carbocycles. The van der Waals surface area contributed by atoms with Crippen molar-refractivity contribution in [3.8, 4) is 0 Å². The summed E-state index contributed by atoms with van der Waals surface area (Å²) in [6.07, 6.45) is 2.57.